The van der Waals surface area contributed by atoms with Gasteiger partial charge in [0.15, 0.2) is 0 Å². The van der Waals surface area contributed by atoms with Gasteiger partial charge in [-0.05, 0) is 47.5 Å². The zero-order valence-corrected chi connectivity index (χ0v) is 14.5. The van der Waals surface area contributed by atoms with Crippen molar-refractivity contribution in [2.45, 2.75) is 10.6 Å². The minimum absolute atomic E-state index is 0.233. The highest BCUT2D eigenvalue weighted by Crippen LogP contribution is 2.33. The molecule has 0 amide bonds. The topological polar surface area (TPSA) is 40.3 Å². The molecular weight excluding hydrogens is 337 g/mol. The number of methoxy groups -OCH3 is 1. The van der Waals surface area contributed by atoms with Gasteiger partial charge in [0.05, 0.1) is 7.11 Å². The SMILES string of the molecule is COc1ccc(CSc2ccc(F)cc2)cc1-c1cccc([NH+]=O)c1. The maximum Gasteiger partial charge on any atom is 0.253 e. The lowest BCUT2D eigenvalue weighted by atomic mass is 10.0. The molecule has 0 aliphatic heterocycles. The van der Waals surface area contributed by atoms with Gasteiger partial charge >= 0.3 is 0 Å². The quantitative estimate of drug-likeness (QED) is 0.672. The van der Waals surface area contributed by atoms with Crippen LogP contribution < -0.4 is 9.91 Å². The Labute approximate surface area is 149 Å². The monoisotopic (exact) mass is 354 g/mol. The maximum atomic E-state index is 13.0. The van der Waals surface area contributed by atoms with Gasteiger partial charge in [0, 0.05) is 38.4 Å². The molecule has 0 aliphatic carbocycles. The summed E-state index contributed by atoms with van der Waals surface area (Å²) in [6.07, 6.45) is 0. The van der Waals surface area contributed by atoms with E-state index in [1.54, 1.807) is 43.1 Å². The normalized spacial score (nSPS) is 10.5. The van der Waals surface area contributed by atoms with Crippen LogP contribution in [0.15, 0.2) is 71.6 Å². The predicted octanol–water partition coefficient (Wildman–Crippen LogP) is 4.27. The molecule has 3 rings (SSSR count). The summed E-state index contributed by atoms with van der Waals surface area (Å²) in [6.45, 7) is 0. The number of nitroso groups, excluding NO2 is 1. The second-order valence-electron chi connectivity index (χ2n) is 5.46. The van der Waals surface area contributed by atoms with E-state index < -0.39 is 0 Å². The van der Waals surface area contributed by atoms with Crippen LogP contribution in [0.2, 0.25) is 0 Å². The summed E-state index contributed by atoms with van der Waals surface area (Å²) in [4.78, 5) is 11.9. The van der Waals surface area contributed by atoms with Crippen molar-refractivity contribution in [3.63, 3.8) is 0 Å². The maximum absolute atomic E-state index is 13.0. The van der Waals surface area contributed by atoms with Crippen molar-refractivity contribution in [1.29, 1.82) is 0 Å². The molecule has 0 saturated carbocycles. The van der Waals surface area contributed by atoms with E-state index in [9.17, 15) is 9.30 Å². The van der Waals surface area contributed by atoms with E-state index in [-0.39, 0.29) is 5.82 Å². The Morgan fingerprint density at radius 1 is 1.04 bits per heavy atom. The average molecular weight is 354 g/mol. The van der Waals surface area contributed by atoms with E-state index in [0.717, 1.165) is 33.1 Å². The number of halogens is 1. The molecule has 25 heavy (non-hydrogen) atoms. The first-order valence-electron chi connectivity index (χ1n) is 7.73. The molecule has 3 aromatic rings. The van der Waals surface area contributed by atoms with Gasteiger partial charge in [-0.2, -0.15) is 0 Å². The number of hydrogen-bond donors (Lipinski definition) is 1. The van der Waals surface area contributed by atoms with Crippen molar-refractivity contribution >= 4 is 17.4 Å². The van der Waals surface area contributed by atoms with Crippen molar-refractivity contribution in [3.8, 4) is 16.9 Å². The summed E-state index contributed by atoms with van der Waals surface area (Å²) in [6, 6.07) is 19.7. The van der Waals surface area contributed by atoms with Crippen LogP contribution in [-0.2, 0) is 5.75 Å². The third kappa shape index (κ3) is 4.25. The van der Waals surface area contributed by atoms with E-state index in [0.29, 0.717) is 5.69 Å². The number of rotatable bonds is 6. The Kier molecular flexibility index (Phi) is 5.46. The fourth-order valence-corrected chi connectivity index (χ4v) is 3.36. The number of nitrogens with one attached hydrogen (secondary N) is 1. The minimum Gasteiger partial charge on any atom is -0.496 e. The molecule has 3 aromatic carbocycles. The van der Waals surface area contributed by atoms with Crippen LogP contribution in [0.1, 0.15) is 5.56 Å². The third-order valence-electron chi connectivity index (χ3n) is 3.77. The Bertz CT molecular complexity index is 881. The molecule has 1 N–H and O–H groups in total. The lowest BCUT2D eigenvalue weighted by Gasteiger charge is -2.11. The fourth-order valence-electron chi connectivity index (χ4n) is 2.52. The number of ether oxygens (including phenoxy) is 1. The Morgan fingerprint density at radius 3 is 2.56 bits per heavy atom. The second kappa shape index (κ2) is 7.94. The molecule has 0 bridgehead atoms. The molecule has 0 aromatic heterocycles. The van der Waals surface area contributed by atoms with E-state index >= 15 is 0 Å². The van der Waals surface area contributed by atoms with Gasteiger partial charge in [0.25, 0.3) is 5.69 Å². The van der Waals surface area contributed by atoms with Crippen molar-refractivity contribution in [3.05, 3.63) is 83.0 Å². The summed E-state index contributed by atoms with van der Waals surface area (Å²) in [5, 5.41) is 1.91. The van der Waals surface area contributed by atoms with Crippen molar-refractivity contribution in [2.75, 3.05) is 7.11 Å². The molecule has 0 saturated heterocycles. The van der Waals surface area contributed by atoms with Crippen LogP contribution in [-0.4, -0.2) is 7.11 Å². The molecule has 5 heteroatoms. The summed E-state index contributed by atoms with van der Waals surface area (Å²) >= 11 is 1.64. The zero-order valence-electron chi connectivity index (χ0n) is 13.7. The molecular formula is C20H17FNO2S+. The highest BCUT2D eigenvalue weighted by atomic mass is 32.2. The van der Waals surface area contributed by atoms with Gasteiger partial charge in [-0.3, -0.25) is 0 Å². The van der Waals surface area contributed by atoms with Gasteiger partial charge < -0.3 is 4.74 Å². The summed E-state index contributed by atoms with van der Waals surface area (Å²) in [7, 11) is 1.63. The highest BCUT2D eigenvalue weighted by Gasteiger charge is 2.10. The predicted molar refractivity (Wildman–Crippen MR) is 98.4 cm³/mol. The second-order valence-corrected chi connectivity index (χ2v) is 6.51. The molecule has 0 heterocycles. The smallest absolute Gasteiger partial charge is 0.253 e. The highest BCUT2D eigenvalue weighted by molar-refractivity contribution is 7.98. The van der Waals surface area contributed by atoms with Crippen LogP contribution in [0.4, 0.5) is 10.1 Å². The van der Waals surface area contributed by atoms with E-state index in [4.69, 9.17) is 4.74 Å². The first-order valence-corrected chi connectivity index (χ1v) is 8.72. The van der Waals surface area contributed by atoms with Gasteiger partial charge in [0.1, 0.15) is 11.6 Å². The van der Waals surface area contributed by atoms with E-state index in [1.165, 1.54) is 12.1 Å². The Morgan fingerprint density at radius 2 is 1.84 bits per heavy atom. The van der Waals surface area contributed by atoms with Crippen LogP contribution in [0.25, 0.3) is 11.1 Å². The Hall–Kier alpha value is -2.66. The van der Waals surface area contributed by atoms with Crippen LogP contribution >= 0.6 is 11.8 Å². The summed E-state index contributed by atoms with van der Waals surface area (Å²) in [5.74, 6) is 1.27. The third-order valence-corrected chi connectivity index (χ3v) is 4.86. The van der Waals surface area contributed by atoms with E-state index in [2.05, 4.69) is 6.07 Å². The van der Waals surface area contributed by atoms with Gasteiger partial charge in [-0.25, -0.2) is 4.39 Å². The standard InChI is InChI=1S/C20H16FNO2S/c1-24-20-10-5-14(13-25-18-8-6-16(21)7-9-18)11-19(20)15-3-2-4-17(12-15)22-23/h2-12H,13H2,1H3/p+1. The molecule has 0 unspecified atom stereocenters. The molecule has 126 valence electrons. The van der Waals surface area contributed by atoms with Gasteiger partial charge in [-0.1, -0.05) is 18.2 Å². The minimum atomic E-state index is -0.233. The Balaban J connectivity index is 1.86. The number of thioether (sulfide) groups is 1. The van der Waals surface area contributed by atoms with E-state index in [1.807, 2.05) is 29.4 Å². The lowest BCUT2D eigenvalue weighted by molar-refractivity contribution is -0.379. The lowest BCUT2D eigenvalue weighted by Crippen LogP contribution is -2.55. The zero-order chi connectivity index (χ0) is 17.6. The van der Waals surface area contributed by atoms with Crippen LogP contribution in [0, 0.1) is 10.7 Å². The van der Waals surface area contributed by atoms with Gasteiger partial charge in [-0.15, -0.1) is 11.8 Å². The largest absolute Gasteiger partial charge is 0.496 e. The molecule has 0 aliphatic rings. The molecule has 0 radical (unpaired) electrons. The van der Waals surface area contributed by atoms with Crippen LogP contribution in [0.3, 0.4) is 0 Å². The first-order chi connectivity index (χ1) is 12.2. The summed E-state index contributed by atoms with van der Waals surface area (Å²) in [5.41, 5.74) is 3.46. The van der Waals surface area contributed by atoms with Crippen LogP contribution in [0.5, 0.6) is 5.75 Å². The summed E-state index contributed by atoms with van der Waals surface area (Å²) < 4.78 is 18.4. The van der Waals surface area contributed by atoms with Gasteiger partial charge in [0.2, 0.25) is 0 Å². The number of benzene rings is 3. The van der Waals surface area contributed by atoms with Crippen molar-refractivity contribution in [1.82, 2.24) is 0 Å². The molecule has 0 atom stereocenters. The fraction of sp³-hybridized carbons (Fsp3) is 0.100. The molecule has 3 nitrogen and oxygen atoms in total. The first kappa shape index (κ1) is 17.2. The van der Waals surface area contributed by atoms with Crippen molar-refractivity contribution < 1.29 is 14.3 Å². The molecule has 0 spiro atoms. The van der Waals surface area contributed by atoms with Crippen molar-refractivity contribution in [2.24, 2.45) is 0 Å². The number of hydrogen-bond acceptors (Lipinski definition) is 3. The average Bonchev–Trinajstić information content (AvgIpc) is 2.67. The molecule has 0 fully saturated rings.